The lowest BCUT2D eigenvalue weighted by Crippen LogP contribution is -2.26. The summed E-state index contributed by atoms with van der Waals surface area (Å²) in [5, 5.41) is 6.75. The van der Waals surface area contributed by atoms with Crippen molar-refractivity contribution in [3.8, 4) is 0 Å². The largest absolute Gasteiger partial charge is 0.356 e. The minimum Gasteiger partial charge on any atom is -0.356 e. The monoisotopic (exact) mass is 237 g/mol. The molecule has 0 radical (unpaired) electrons. The zero-order valence-electron chi connectivity index (χ0n) is 10.4. The van der Waals surface area contributed by atoms with Crippen molar-refractivity contribution in [1.29, 1.82) is 0 Å². The first-order chi connectivity index (χ1) is 8.15. The number of carbonyl (C=O) groups excluding carboxylic acids is 1. The first kappa shape index (κ1) is 12.1. The molecule has 0 atom stereocenters. The van der Waals surface area contributed by atoms with Gasteiger partial charge in [-0.3, -0.25) is 4.79 Å². The number of aromatic nitrogens is 2. The van der Waals surface area contributed by atoms with E-state index in [0.717, 1.165) is 18.7 Å². The Labute approximate surface area is 101 Å². The molecule has 1 aromatic heterocycles. The van der Waals surface area contributed by atoms with E-state index in [4.69, 9.17) is 4.52 Å². The topological polar surface area (TPSA) is 68.0 Å². The Kier molecular flexibility index (Phi) is 3.76. The lowest BCUT2D eigenvalue weighted by molar-refractivity contribution is -0.121. The minimum absolute atomic E-state index is 0.0888. The van der Waals surface area contributed by atoms with Crippen LogP contribution in [0.4, 0.5) is 0 Å². The highest BCUT2D eigenvalue weighted by atomic mass is 16.5. The number of carbonyl (C=O) groups is 1. The number of rotatable bonds is 6. The molecule has 1 N–H and O–H groups in total. The van der Waals surface area contributed by atoms with Gasteiger partial charge in [0.05, 0.1) is 0 Å². The molecule has 1 saturated carbocycles. The molecule has 1 fully saturated rings. The lowest BCUT2D eigenvalue weighted by atomic mass is 10.1. The fourth-order valence-corrected chi connectivity index (χ4v) is 1.62. The van der Waals surface area contributed by atoms with Crippen molar-refractivity contribution < 1.29 is 9.32 Å². The predicted octanol–water partition coefficient (Wildman–Crippen LogP) is 1.65. The Morgan fingerprint density at radius 3 is 2.94 bits per heavy atom. The van der Waals surface area contributed by atoms with Crippen molar-refractivity contribution in [2.45, 2.75) is 45.4 Å². The smallest absolute Gasteiger partial charge is 0.229 e. The standard InChI is InChI=1S/C12H19N3O2/c1-8(2)7-11(16)13-6-5-10-14-12(17-15-10)9-3-4-9/h8-9H,3-7H2,1-2H3,(H,13,16). The summed E-state index contributed by atoms with van der Waals surface area (Å²) >= 11 is 0. The fraction of sp³-hybridized carbons (Fsp3) is 0.750. The molecule has 0 saturated heterocycles. The number of nitrogens with one attached hydrogen (secondary N) is 1. The second kappa shape index (κ2) is 5.29. The maximum absolute atomic E-state index is 11.4. The molecule has 1 aromatic rings. The van der Waals surface area contributed by atoms with Crippen LogP contribution < -0.4 is 5.32 Å². The third-order valence-corrected chi connectivity index (χ3v) is 2.67. The van der Waals surface area contributed by atoms with Crippen LogP contribution in [-0.2, 0) is 11.2 Å². The van der Waals surface area contributed by atoms with Crippen LogP contribution in [0.5, 0.6) is 0 Å². The second-order valence-electron chi connectivity index (χ2n) is 5.02. The van der Waals surface area contributed by atoms with Gasteiger partial charge in [-0.15, -0.1) is 0 Å². The molecule has 0 bridgehead atoms. The Balaban J connectivity index is 1.68. The predicted molar refractivity (Wildman–Crippen MR) is 62.4 cm³/mol. The van der Waals surface area contributed by atoms with Crippen molar-refractivity contribution in [3.63, 3.8) is 0 Å². The molecule has 2 rings (SSSR count). The van der Waals surface area contributed by atoms with Gasteiger partial charge in [0, 0.05) is 25.3 Å². The van der Waals surface area contributed by atoms with E-state index in [1.54, 1.807) is 0 Å². The Hall–Kier alpha value is -1.39. The van der Waals surface area contributed by atoms with E-state index in [0.29, 0.717) is 37.0 Å². The zero-order chi connectivity index (χ0) is 12.3. The third-order valence-electron chi connectivity index (χ3n) is 2.67. The summed E-state index contributed by atoms with van der Waals surface area (Å²) in [7, 11) is 0. The summed E-state index contributed by atoms with van der Waals surface area (Å²) in [6.07, 6.45) is 3.53. The highest BCUT2D eigenvalue weighted by molar-refractivity contribution is 5.75. The molecule has 0 aliphatic heterocycles. The summed E-state index contributed by atoms with van der Waals surface area (Å²) in [4.78, 5) is 15.7. The van der Waals surface area contributed by atoms with Crippen LogP contribution in [-0.4, -0.2) is 22.6 Å². The molecule has 1 aliphatic carbocycles. The van der Waals surface area contributed by atoms with Crippen LogP contribution in [0.3, 0.4) is 0 Å². The molecule has 0 aromatic carbocycles. The van der Waals surface area contributed by atoms with Crippen LogP contribution in [0.1, 0.15) is 50.7 Å². The molecular weight excluding hydrogens is 218 g/mol. The number of nitrogens with zero attached hydrogens (tertiary/aromatic N) is 2. The number of hydrogen-bond acceptors (Lipinski definition) is 4. The molecule has 0 unspecified atom stereocenters. The molecule has 1 amide bonds. The van der Waals surface area contributed by atoms with Gasteiger partial charge in [0.2, 0.25) is 11.8 Å². The van der Waals surface area contributed by atoms with Gasteiger partial charge in [0.15, 0.2) is 5.82 Å². The van der Waals surface area contributed by atoms with Gasteiger partial charge in [-0.05, 0) is 18.8 Å². The molecule has 0 spiro atoms. The third kappa shape index (κ3) is 3.84. The number of amides is 1. The first-order valence-corrected chi connectivity index (χ1v) is 6.24. The summed E-state index contributed by atoms with van der Waals surface area (Å²) in [6, 6.07) is 0. The number of hydrogen-bond donors (Lipinski definition) is 1. The van der Waals surface area contributed by atoms with Crippen LogP contribution in [0.25, 0.3) is 0 Å². The molecule has 1 heterocycles. The Morgan fingerprint density at radius 2 is 2.29 bits per heavy atom. The normalized spacial score (nSPS) is 15.2. The maximum atomic E-state index is 11.4. The van der Waals surface area contributed by atoms with E-state index >= 15 is 0 Å². The van der Waals surface area contributed by atoms with Crippen LogP contribution in [0.2, 0.25) is 0 Å². The zero-order valence-corrected chi connectivity index (χ0v) is 10.4. The molecular formula is C12H19N3O2. The van der Waals surface area contributed by atoms with Crippen LogP contribution in [0.15, 0.2) is 4.52 Å². The Bertz CT molecular complexity index is 383. The Morgan fingerprint density at radius 1 is 1.53 bits per heavy atom. The van der Waals surface area contributed by atoms with Gasteiger partial charge in [0.25, 0.3) is 0 Å². The first-order valence-electron chi connectivity index (χ1n) is 6.24. The van der Waals surface area contributed by atoms with Gasteiger partial charge >= 0.3 is 0 Å². The van der Waals surface area contributed by atoms with Crippen LogP contribution in [0, 0.1) is 5.92 Å². The molecule has 1 aliphatic rings. The SMILES string of the molecule is CC(C)CC(=O)NCCc1noc(C2CC2)n1. The quantitative estimate of drug-likeness (QED) is 0.816. The van der Waals surface area contributed by atoms with E-state index in [1.165, 1.54) is 0 Å². The summed E-state index contributed by atoms with van der Waals surface area (Å²) in [6.45, 7) is 4.64. The molecule has 5 nitrogen and oxygen atoms in total. The molecule has 94 valence electrons. The summed E-state index contributed by atoms with van der Waals surface area (Å²) < 4.78 is 5.14. The average molecular weight is 237 g/mol. The second-order valence-corrected chi connectivity index (χ2v) is 5.02. The van der Waals surface area contributed by atoms with Crippen molar-refractivity contribution in [3.05, 3.63) is 11.7 Å². The molecule has 5 heteroatoms. The summed E-state index contributed by atoms with van der Waals surface area (Å²) in [5.74, 6) is 2.42. The average Bonchev–Trinajstić information content (AvgIpc) is 2.99. The minimum atomic E-state index is 0.0888. The maximum Gasteiger partial charge on any atom is 0.229 e. The van der Waals surface area contributed by atoms with Crippen molar-refractivity contribution in [2.75, 3.05) is 6.54 Å². The van der Waals surface area contributed by atoms with E-state index in [-0.39, 0.29) is 5.91 Å². The van der Waals surface area contributed by atoms with Crippen molar-refractivity contribution >= 4 is 5.91 Å². The van der Waals surface area contributed by atoms with Gasteiger partial charge < -0.3 is 9.84 Å². The van der Waals surface area contributed by atoms with Gasteiger partial charge in [-0.2, -0.15) is 4.98 Å². The lowest BCUT2D eigenvalue weighted by Gasteiger charge is -2.05. The highest BCUT2D eigenvalue weighted by Crippen LogP contribution is 2.38. The fourth-order valence-electron chi connectivity index (χ4n) is 1.62. The van der Waals surface area contributed by atoms with E-state index in [2.05, 4.69) is 15.5 Å². The highest BCUT2D eigenvalue weighted by Gasteiger charge is 2.29. The van der Waals surface area contributed by atoms with E-state index in [1.807, 2.05) is 13.8 Å². The van der Waals surface area contributed by atoms with Gasteiger partial charge in [-0.1, -0.05) is 19.0 Å². The van der Waals surface area contributed by atoms with Gasteiger partial charge in [0.1, 0.15) is 0 Å². The van der Waals surface area contributed by atoms with Crippen molar-refractivity contribution in [1.82, 2.24) is 15.5 Å². The van der Waals surface area contributed by atoms with Gasteiger partial charge in [-0.25, -0.2) is 0 Å². The summed E-state index contributed by atoms with van der Waals surface area (Å²) in [5.41, 5.74) is 0. The van der Waals surface area contributed by atoms with E-state index in [9.17, 15) is 4.79 Å². The van der Waals surface area contributed by atoms with Crippen LogP contribution >= 0.6 is 0 Å². The van der Waals surface area contributed by atoms with E-state index < -0.39 is 0 Å². The van der Waals surface area contributed by atoms with Crippen molar-refractivity contribution in [2.24, 2.45) is 5.92 Å². The molecule has 17 heavy (non-hydrogen) atoms.